The molecule has 5 N–H and O–H groups in total. The summed E-state index contributed by atoms with van der Waals surface area (Å²) >= 11 is 1.68. The number of aromatic nitrogens is 1. The monoisotopic (exact) mass is 899 g/mol. The summed E-state index contributed by atoms with van der Waals surface area (Å²) in [6.45, 7) is 4.97. The number of aromatic amines is 1. The molecule has 1 unspecified atom stereocenters. The van der Waals surface area contributed by atoms with Gasteiger partial charge in [0.15, 0.2) is 0 Å². The lowest BCUT2D eigenvalue weighted by atomic mass is 9.86. The Balaban J connectivity index is 0.738. The third-order valence-corrected chi connectivity index (χ3v) is 13.6. The second kappa shape index (κ2) is 21.9. The third kappa shape index (κ3) is 12.3. The summed E-state index contributed by atoms with van der Waals surface area (Å²) in [5.41, 5.74) is 3.99. The Morgan fingerprint density at radius 2 is 1.77 bits per heavy atom. The van der Waals surface area contributed by atoms with Gasteiger partial charge in [-0.15, -0.1) is 11.8 Å². The summed E-state index contributed by atoms with van der Waals surface area (Å²) in [6.07, 6.45) is 9.99. The van der Waals surface area contributed by atoms with E-state index in [1.807, 2.05) is 67.7 Å². The number of pyridine rings is 1. The first-order valence-electron chi connectivity index (χ1n) is 22.3. The van der Waals surface area contributed by atoms with Crippen LogP contribution >= 0.6 is 11.8 Å². The second-order valence-corrected chi connectivity index (χ2v) is 18.1. The highest BCUT2D eigenvalue weighted by atomic mass is 32.2. The topological polar surface area (TPSA) is 166 Å². The molecule has 4 aliphatic rings. The number of aromatic hydroxyl groups is 1. The van der Waals surface area contributed by atoms with Crippen molar-refractivity contribution in [3.05, 3.63) is 160 Å². The lowest BCUT2D eigenvalue weighted by molar-refractivity contribution is -0.0342. The highest BCUT2D eigenvalue weighted by Crippen LogP contribution is 2.33. The molecule has 0 saturated carbocycles. The molecule has 65 heavy (non-hydrogen) atoms. The third-order valence-electron chi connectivity index (χ3n) is 12.4. The number of allylic oxidation sites excluding steroid dienone is 3. The van der Waals surface area contributed by atoms with Crippen molar-refractivity contribution >= 4 is 34.7 Å². The Labute approximate surface area is 383 Å². The van der Waals surface area contributed by atoms with Gasteiger partial charge in [0.05, 0.1) is 23.2 Å². The first-order valence-corrected chi connectivity index (χ1v) is 23.3. The van der Waals surface area contributed by atoms with Gasteiger partial charge in [-0.05, 0) is 116 Å². The Morgan fingerprint density at radius 3 is 2.52 bits per heavy atom. The summed E-state index contributed by atoms with van der Waals surface area (Å²) in [7, 11) is 1.98. The SMILES string of the molecule is CN(CCOC(=O)c1ccc(COc2cccc([C@@H](NC(=O)O[C@H]3CN4CCC3CC4)C3C=CC=CC3)c2)cc1)CSc1ccc(CNC[C@H](O)c2ccc(O)c3[nH]c(=O)ccc23)cc1. The van der Waals surface area contributed by atoms with Crippen molar-refractivity contribution in [3.63, 3.8) is 0 Å². The fourth-order valence-corrected chi connectivity index (χ4v) is 9.50. The molecule has 4 aromatic carbocycles. The van der Waals surface area contributed by atoms with Crippen molar-refractivity contribution in [2.75, 3.05) is 52.3 Å². The van der Waals surface area contributed by atoms with Gasteiger partial charge in [0, 0.05) is 54.3 Å². The predicted molar refractivity (Wildman–Crippen MR) is 252 cm³/mol. The molecule has 13 nitrogen and oxygen atoms in total. The van der Waals surface area contributed by atoms with Crippen LogP contribution in [0.4, 0.5) is 4.79 Å². The van der Waals surface area contributed by atoms with E-state index in [1.165, 1.54) is 12.1 Å². The average Bonchev–Trinajstić information content (AvgIpc) is 3.33. The minimum atomic E-state index is -0.832. The number of alkyl carbamates (subject to hydrolysis) is 1. The van der Waals surface area contributed by atoms with E-state index in [2.05, 4.69) is 49.7 Å². The Bertz CT molecular complexity index is 2520. The molecule has 4 atom stereocenters. The molecule has 14 heteroatoms. The number of aliphatic hydroxyl groups is 1. The lowest BCUT2D eigenvalue weighted by Crippen LogP contribution is -2.52. The van der Waals surface area contributed by atoms with Crippen molar-refractivity contribution in [2.24, 2.45) is 11.8 Å². The number of aliphatic hydroxyl groups excluding tert-OH is 1. The highest BCUT2D eigenvalue weighted by molar-refractivity contribution is 7.99. The number of piperidine rings is 3. The molecular weight excluding hydrogens is 843 g/mol. The predicted octanol–water partition coefficient (Wildman–Crippen LogP) is 7.47. The zero-order chi connectivity index (χ0) is 45.1. The number of carbonyl (C=O) groups excluding carboxylic acids is 2. The van der Waals surface area contributed by atoms with Gasteiger partial charge in [-0.2, -0.15) is 0 Å². The number of esters is 1. The Hall–Kier alpha value is -5.90. The molecule has 3 aliphatic heterocycles. The molecule has 340 valence electrons. The summed E-state index contributed by atoms with van der Waals surface area (Å²) < 4.78 is 17.8. The summed E-state index contributed by atoms with van der Waals surface area (Å²) in [5.74, 6) is 1.48. The molecule has 2 bridgehead atoms. The number of hydrogen-bond acceptors (Lipinski definition) is 12. The Morgan fingerprint density at radius 1 is 0.969 bits per heavy atom. The minimum Gasteiger partial charge on any atom is -0.506 e. The maximum Gasteiger partial charge on any atom is 0.407 e. The first kappa shape index (κ1) is 45.7. The highest BCUT2D eigenvalue weighted by Gasteiger charge is 2.37. The smallest absolute Gasteiger partial charge is 0.407 e. The van der Waals surface area contributed by atoms with E-state index < -0.39 is 6.10 Å². The quantitative estimate of drug-likeness (QED) is 0.0316. The van der Waals surface area contributed by atoms with Crippen molar-refractivity contribution in [3.8, 4) is 11.5 Å². The zero-order valence-corrected chi connectivity index (χ0v) is 37.4. The van der Waals surface area contributed by atoms with E-state index >= 15 is 0 Å². The van der Waals surface area contributed by atoms with Crippen LogP contribution in [0.3, 0.4) is 0 Å². The molecule has 9 rings (SSSR count). The van der Waals surface area contributed by atoms with E-state index in [0.717, 1.165) is 60.5 Å². The van der Waals surface area contributed by atoms with Gasteiger partial charge in [-0.1, -0.05) is 66.8 Å². The van der Waals surface area contributed by atoms with Crippen molar-refractivity contribution < 1.29 is 34.0 Å². The number of phenols is 1. The molecule has 0 spiro atoms. The van der Waals surface area contributed by atoms with E-state index in [-0.39, 0.29) is 48.0 Å². The first-order chi connectivity index (χ1) is 31.6. The van der Waals surface area contributed by atoms with Crippen LogP contribution in [0.2, 0.25) is 0 Å². The number of hydrogen-bond donors (Lipinski definition) is 5. The van der Waals surface area contributed by atoms with Crippen molar-refractivity contribution in [1.29, 1.82) is 0 Å². The maximum absolute atomic E-state index is 13.3. The van der Waals surface area contributed by atoms with Crippen LogP contribution in [-0.2, 0) is 22.6 Å². The van der Waals surface area contributed by atoms with Crippen LogP contribution in [0.15, 0.2) is 131 Å². The lowest BCUT2D eigenvalue weighted by Gasteiger charge is -2.44. The molecule has 5 aromatic rings. The number of H-pyrrole nitrogens is 1. The zero-order valence-electron chi connectivity index (χ0n) is 36.6. The molecular formula is C51H57N5O8S. The van der Waals surface area contributed by atoms with E-state index in [9.17, 15) is 24.6 Å². The fraction of sp³-hybridized carbons (Fsp3) is 0.353. The minimum absolute atomic E-state index is 0.0414. The molecule has 1 amide bonds. The van der Waals surface area contributed by atoms with Crippen LogP contribution in [0.5, 0.6) is 11.5 Å². The Kier molecular flexibility index (Phi) is 15.4. The maximum atomic E-state index is 13.3. The number of ether oxygens (including phenoxy) is 3. The van der Waals surface area contributed by atoms with Crippen LogP contribution in [0.25, 0.3) is 10.9 Å². The molecule has 3 fully saturated rings. The van der Waals surface area contributed by atoms with Crippen LogP contribution in [0.1, 0.15) is 64.0 Å². The summed E-state index contributed by atoms with van der Waals surface area (Å²) in [4.78, 5) is 46.1. The van der Waals surface area contributed by atoms with E-state index in [0.29, 0.717) is 65.8 Å². The van der Waals surface area contributed by atoms with E-state index in [1.54, 1.807) is 36.0 Å². The second-order valence-electron chi connectivity index (χ2n) is 17.0. The number of carbonyl (C=O) groups is 2. The standard InChI is InChI=1S/C51H57N5O8S/c1-55(33-65-41-16-12-34(13-17-41)29-52-30-45(58)42-18-20-44(57)49-43(42)19-21-47(59)53-49)26-27-62-50(60)38-14-10-35(11-15-38)32-63-40-9-5-8-39(28-40)48(37-6-3-2-4-7-37)54-51(61)64-46-31-56-24-22-36(46)23-25-56/h2-6,8-21,28,36-37,45-46,48,52,57-58H,7,22-27,29-33H2,1H3,(H,53,59)(H,54,61)/t37?,45-,46-,48-/m0/s1. The number of nitrogens with one attached hydrogen (secondary N) is 3. The average molecular weight is 900 g/mol. The van der Waals surface area contributed by atoms with Gasteiger partial charge in [0.1, 0.15) is 30.8 Å². The van der Waals surface area contributed by atoms with Gasteiger partial charge >= 0.3 is 12.1 Å². The molecule has 4 heterocycles. The van der Waals surface area contributed by atoms with Gasteiger partial charge in [0.25, 0.3) is 0 Å². The van der Waals surface area contributed by atoms with Crippen LogP contribution in [0, 0.1) is 11.8 Å². The number of benzene rings is 4. The van der Waals surface area contributed by atoms with Gasteiger partial charge in [-0.3, -0.25) is 14.6 Å². The summed E-state index contributed by atoms with van der Waals surface area (Å²) in [6, 6.07) is 29.1. The largest absolute Gasteiger partial charge is 0.506 e. The van der Waals surface area contributed by atoms with Crippen molar-refractivity contribution in [2.45, 2.75) is 55.6 Å². The van der Waals surface area contributed by atoms with Crippen LogP contribution in [-0.4, -0.2) is 95.4 Å². The van der Waals surface area contributed by atoms with Gasteiger partial charge in [-0.25, -0.2) is 9.59 Å². The number of rotatable bonds is 19. The number of thioether (sulfide) groups is 1. The summed E-state index contributed by atoms with van der Waals surface area (Å²) in [5, 5.41) is 28.1. The number of fused-ring (bicyclic) bond motifs is 4. The molecule has 1 aliphatic carbocycles. The van der Waals surface area contributed by atoms with Crippen LogP contribution < -0.4 is 20.9 Å². The number of amides is 1. The molecule has 3 saturated heterocycles. The van der Waals surface area contributed by atoms with Gasteiger partial charge < -0.3 is 40.0 Å². The molecule has 0 radical (unpaired) electrons. The normalized spacial score (nSPS) is 19.8. The van der Waals surface area contributed by atoms with E-state index in [4.69, 9.17) is 14.2 Å². The fourth-order valence-electron chi connectivity index (χ4n) is 8.67. The number of phenolic OH excluding ortho intramolecular Hbond substituents is 1. The van der Waals surface area contributed by atoms with Crippen molar-refractivity contribution in [1.82, 2.24) is 25.4 Å². The number of likely N-dealkylation sites (N-methyl/N-ethyl adjacent to an activating group) is 1. The number of nitrogens with zero attached hydrogens (tertiary/aromatic N) is 2. The molecule has 1 aromatic heterocycles. The van der Waals surface area contributed by atoms with Gasteiger partial charge in [0.2, 0.25) is 5.56 Å².